The number of nitrogens with zero attached hydrogens (tertiary/aromatic N) is 1. The third-order valence-corrected chi connectivity index (χ3v) is 6.20. The first-order valence-corrected chi connectivity index (χ1v) is 12.0. The standard InChI is InChI=1S/C28H26F6N2O5/c1-18(24(37)39-3)36(2)25(38)35-26(17-19-9-5-4-6-10-19,20-11-7-13-22(15-20)40-27(29,30)31)21-12-8-14-23(16-21)41-28(32,33)34/h4-16,18H,17H2,1-3H3,(H,35,38). The number of carbonyl (C=O) groups excluding carboxylic acids is 2. The lowest BCUT2D eigenvalue weighted by Crippen LogP contribution is -2.55. The van der Waals surface area contributed by atoms with Gasteiger partial charge in [0.15, 0.2) is 0 Å². The lowest BCUT2D eigenvalue weighted by molar-refractivity contribution is -0.275. The highest BCUT2D eigenvalue weighted by Gasteiger charge is 2.40. The molecule has 220 valence electrons. The van der Waals surface area contributed by atoms with Crippen molar-refractivity contribution < 1.29 is 50.1 Å². The minimum atomic E-state index is -5.04. The summed E-state index contributed by atoms with van der Waals surface area (Å²) in [7, 11) is 2.42. The van der Waals surface area contributed by atoms with Crippen molar-refractivity contribution in [3.8, 4) is 11.5 Å². The van der Waals surface area contributed by atoms with Crippen LogP contribution in [0.4, 0.5) is 31.1 Å². The molecule has 41 heavy (non-hydrogen) atoms. The van der Waals surface area contributed by atoms with Gasteiger partial charge in [0.05, 0.1) is 12.6 Å². The summed E-state index contributed by atoms with van der Waals surface area (Å²) in [6, 6.07) is 15.9. The SMILES string of the molecule is COC(=O)C(C)N(C)C(=O)NC(Cc1ccccc1)(c1cccc(OC(F)(F)F)c1)c1cccc(OC(F)(F)F)c1. The molecule has 3 aromatic rings. The Labute approximate surface area is 231 Å². The average Bonchev–Trinajstić information content (AvgIpc) is 2.90. The maximum absolute atomic E-state index is 13.6. The average molecular weight is 585 g/mol. The summed E-state index contributed by atoms with van der Waals surface area (Å²) in [5.41, 5.74) is -1.14. The molecule has 0 aliphatic heterocycles. The zero-order chi connectivity index (χ0) is 30.4. The lowest BCUT2D eigenvalue weighted by Gasteiger charge is -2.38. The summed E-state index contributed by atoms with van der Waals surface area (Å²) in [6.07, 6.45) is -10.2. The molecule has 0 heterocycles. The van der Waals surface area contributed by atoms with Gasteiger partial charge in [-0.1, -0.05) is 54.6 Å². The molecule has 0 aliphatic rings. The second-order valence-corrected chi connectivity index (χ2v) is 8.96. The van der Waals surface area contributed by atoms with Crippen molar-refractivity contribution in [2.24, 2.45) is 0 Å². The van der Waals surface area contributed by atoms with Gasteiger partial charge in [-0.2, -0.15) is 0 Å². The fourth-order valence-corrected chi connectivity index (χ4v) is 4.15. The number of hydrogen-bond acceptors (Lipinski definition) is 5. The molecule has 0 spiro atoms. The van der Waals surface area contributed by atoms with E-state index in [1.54, 1.807) is 30.3 Å². The number of ether oxygens (including phenoxy) is 3. The normalized spacial score (nSPS) is 12.7. The van der Waals surface area contributed by atoms with Gasteiger partial charge in [0, 0.05) is 13.5 Å². The van der Waals surface area contributed by atoms with Gasteiger partial charge in [0.2, 0.25) is 0 Å². The highest BCUT2D eigenvalue weighted by Crippen LogP contribution is 2.38. The van der Waals surface area contributed by atoms with Crippen molar-refractivity contribution in [3.63, 3.8) is 0 Å². The molecule has 0 aliphatic carbocycles. The van der Waals surface area contributed by atoms with Crippen LogP contribution in [0.15, 0.2) is 78.9 Å². The van der Waals surface area contributed by atoms with Crippen molar-refractivity contribution in [1.82, 2.24) is 10.2 Å². The maximum Gasteiger partial charge on any atom is 0.573 e. The van der Waals surface area contributed by atoms with Crippen LogP contribution in [0.2, 0.25) is 0 Å². The monoisotopic (exact) mass is 584 g/mol. The van der Waals surface area contributed by atoms with Crippen molar-refractivity contribution in [1.29, 1.82) is 0 Å². The number of likely N-dealkylation sites (N-methyl/N-ethyl adjacent to an activating group) is 1. The van der Waals surface area contributed by atoms with E-state index >= 15 is 0 Å². The second kappa shape index (κ2) is 12.4. The molecular weight excluding hydrogens is 558 g/mol. The van der Waals surface area contributed by atoms with Gasteiger partial charge in [-0.05, 0) is 47.9 Å². The quantitative estimate of drug-likeness (QED) is 0.241. The van der Waals surface area contributed by atoms with Crippen LogP contribution in [-0.2, 0) is 21.5 Å². The Morgan fingerprint density at radius 2 is 1.29 bits per heavy atom. The van der Waals surface area contributed by atoms with E-state index in [9.17, 15) is 35.9 Å². The fraction of sp³-hybridized carbons (Fsp3) is 0.286. The number of benzene rings is 3. The number of nitrogens with one attached hydrogen (secondary N) is 1. The van der Waals surface area contributed by atoms with E-state index < -0.39 is 47.8 Å². The Bertz CT molecular complexity index is 1290. The van der Waals surface area contributed by atoms with Crippen LogP contribution < -0.4 is 14.8 Å². The Balaban J connectivity index is 2.27. The van der Waals surface area contributed by atoms with Gasteiger partial charge in [0.1, 0.15) is 17.5 Å². The smallest absolute Gasteiger partial charge is 0.467 e. The number of methoxy groups -OCH3 is 1. The van der Waals surface area contributed by atoms with Crippen molar-refractivity contribution in [3.05, 3.63) is 95.6 Å². The topological polar surface area (TPSA) is 77.1 Å². The highest BCUT2D eigenvalue weighted by atomic mass is 19.4. The first-order valence-electron chi connectivity index (χ1n) is 12.0. The number of rotatable bonds is 9. The molecule has 1 N–H and O–H groups in total. The first-order chi connectivity index (χ1) is 19.1. The first kappa shape index (κ1) is 31.1. The van der Waals surface area contributed by atoms with E-state index in [2.05, 4.69) is 14.8 Å². The van der Waals surface area contributed by atoms with Crippen molar-refractivity contribution in [2.45, 2.75) is 37.7 Å². The lowest BCUT2D eigenvalue weighted by atomic mass is 9.77. The molecule has 0 saturated carbocycles. The van der Waals surface area contributed by atoms with Crippen LogP contribution in [0, 0.1) is 0 Å². The molecule has 0 radical (unpaired) electrons. The number of urea groups is 1. The van der Waals surface area contributed by atoms with Gasteiger partial charge in [-0.15, -0.1) is 26.3 Å². The van der Waals surface area contributed by atoms with E-state index in [1.807, 2.05) is 0 Å². The van der Waals surface area contributed by atoms with E-state index in [-0.39, 0.29) is 17.5 Å². The number of esters is 1. The largest absolute Gasteiger partial charge is 0.573 e. The molecule has 0 bridgehead atoms. The minimum Gasteiger partial charge on any atom is -0.467 e. The molecule has 0 fully saturated rings. The summed E-state index contributed by atoms with van der Waals surface area (Å²) < 4.78 is 91.5. The summed E-state index contributed by atoms with van der Waals surface area (Å²) in [5.74, 6) is -2.00. The van der Waals surface area contributed by atoms with Crippen molar-refractivity contribution in [2.75, 3.05) is 14.2 Å². The molecule has 3 rings (SSSR count). The van der Waals surface area contributed by atoms with Crippen LogP contribution >= 0.6 is 0 Å². The zero-order valence-corrected chi connectivity index (χ0v) is 22.0. The van der Waals surface area contributed by atoms with E-state index in [0.29, 0.717) is 5.56 Å². The zero-order valence-electron chi connectivity index (χ0n) is 22.0. The van der Waals surface area contributed by atoms with Crippen LogP contribution in [-0.4, -0.2) is 49.8 Å². The molecule has 0 saturated heterocycles. The second-order valence-electron chi connectivity index (χ2n) is 8.96. The molecule has 3 aromatic carbocycles. The van der Waals surface area contributed by atoms with E-state index in [4.69, 9.17) is 4.74 Å². The molecule has 1 unspecified atom stereocenters. The fourth-order valence-electron chi connectivity index (χ4n) is 4.15. The number of hydrogen-bond donors (Lipinski definition) is 1. The molecule has 7 nitrogen and oxygen atoms in total. The number of carbonyl (C=O) groups is 2. The van der Waals surface area contributed by atoms with Crippen LogP contribution in [0.25, 0.3) is 0 Å². The van der Waals surface area contributed by atoms with E-state index in [0.717, 1.165) is 36.3 Å². The molecule has 13 heteroatoms. The summed E-state index contributed by atoms with van der Waals surface area (Å²) in [4.78, 5) is 26.7. The predicted molar refractivity (Wildman–Crippen MR) is 135 cm³/mol. The Hall–Kier alpha value is -4.42. The summed E-state index contributed by atoms with van der Waals surface area (Å²) >= 11 is 0. The highest BCUT2D eigenvalue weighted by molar-refractivity contribution is 5.84. The summed E-state index contributed by atoms with van der Waals surface area (Å²) in [5, 5.41) is 2.76. The van der Waals surface area contributed by atoms with Gasteiger partial charge >= 0.3 is 24.7 Å². The minimum absolute atomic E-state index is 0.0414. The van der Waals surface area contributed by atoms with Crippen LogP contribution in [0.3, 0.4) is 0 Å². The molecule has 0 aromatic heterocycles. The maximum atomic E-state index is 13.6. The Kier molecular flexibility index (Phi) is 9.41. The number of halogens is 6. The number of alkyl halides is 6. The van der Waals surface area contributed by atoms with Gasteiger partial charge in [-0.3, -0.25) is 0 Å². The third-order valence-electron chi connectivity index (χ3n) is 6.20. The van der Waals surface area contributed by atoms with Gasteiger partial charge in [-0.25, -0.2) is 9.59 Å². The van der Waals surface area contributed by atoms with E-state index in [1.165, 1.54) is 38.2 Å². The number of amides is 2. The van der Waals surface area contributed by atoms with Crippen LogP contribution in [0.5, 0.6) is 11.5 Å². The predicted octanol–water partition coefficient (Wildman–Crippen LogP) is 6.17. The Morgan fingerprint density at radius 3 is 1.73 bits per heavy atom. The van der Waals surface area contributed by atoms with Crippen molar-refractivity contribution >= 4 is 12.0 Å². The molecule has 1 atom stereocenters. The Morgan fingerprint density at radius 1 is 0.805 bits per heavy atom. The third kappa shape index (κ3) is 8.29. The summed E-state index contributed by atoms with van der Waals surface area (Å²) in [6.45, 7) is 1.39. The van der Waals surface area contributed by atoms with Gasteiger partial charge in [0.25, 0.3) is 0 Å². The van der Waals surface area contributed by atoms with Gasteiger partial charge < -0.3 is 24.4 Å². The molecular formula is C28H26F6N2O5. The molecule has 2 amide bonds. The van der Waals surface area contributed by atoms with Crippen LogP contribution in [0.1, 0.15) is 23.6 Å².